The highest BCUT2D eigenvalue weighted by atomic mass is 35.5. The van der Waals surface area contributed by atoms with Crippen LogP contribution in [0.25, 0.3) is 27.8 Å². The molecule has 0 spiro atoms. The number of ether oxygens (including phenoxy) is 1. The lowest BCUT2D eigenvalue weighted by Crippen LogP contribution is -2.20. The molecule has 6 nitrogen and oxygen atoms in total. The molecule has 0 saturated heterocycles. The van der Waals surface area contributed by atoms with Gasteiger partial charge in [-0.3, -0.25) is 4.79 Å². The van der Waals surface area contributed by atoms with Crippen LogP contribution >= 0.6 is 23.2 Å². The Bertz CT molecular complexity index is 1350. The van der Waals surface area contributed by atoms with Crippen LogP contribution in [0.2, 0.25) is 5.02 Å². The Morgan fingerprint density at radius 3 is 2.35 bits per heavy atom. The summed E-state index contributed by atoms with van der Waals surface area (Å²) in [6.45, 7) is 5.92. The number of alkyl halides is 1. The molecule has 3 aliphatic rings. The van der Waals surface area contributed by atoms with Gasteiger partial charge < -0.3 is 9.30 Å². The Kier molecular flexibility index (Phi) is 6.77. The molecular weight excluding hydrogens is 495 g/mol. The summed E-state index contributed by atoms with van der Waals surface area (Å²) < 4.78 is 31.7. The monoisotopic (exact) mass is 522 g/mol. The van der Waals surface area contributed by atoms with Gasteiger partial charge >= 0.3 is 0 Å². The quantitative estimate of drug-likeness (QED) is 0.257. The van der Waals surface area contributed by atoms with E-state index in [4.69, 9.17) is 28.3 Å². The molecule has 2 heterocycles. The smallest absolute Gasteiger partial charge is 0.293 e. The minimum absolute atomic E-state index is 0.169. The Labute approximate surface area is 210 Å². The number of primary sulfonamides is 1. The van der Waals surface area contributed by atoms with Crippen molar-refractivity contribution in [1.29, 1.82) is 0 Å². The molecule has 34 heavy (non-hydrogen) atoms. The second-order valence-electron chi connectivity index (χ2n) is 9.74. The van der Waals surface area contributed by atoms with Crippen molar-refractivity contribution in [2.45, 2.75) is 68.2 Å². The number of hydrogen-bond donors (Lipinski definition) is 1. The molecule has 2 aliphatic heterocycles. The maximum absolute atomic E-state index is 12.6. The van der Waals surface area contributed by atoms with Gasteiger partial charge in [0, 0.05) is 21.3 Å². The lowest BCUT2D eigenvalue weighted by molar-refractivity contribution is -0.138. The van der Waals surface area contributed by atoms with Crippen LogP contribution in [-0.4, -0.2) is 30.4 Å². The van der Waals surface area contributed by atoms with E-state index in [2.05, 4.69) is 9.30 Å². The molecule has 1 aliphatic carbocycles. The molecule has 182 valence electrons. The highest BCUT2D eigenvalue weighted by Crippen LogP contribution is 2.53. The number of carbonyl (C=O) groups excluding carboxylic acids is 1. The first-order valence-corrected chi connectivity index (χ1v) is 13.5. The van der Waals surface area contributed by atoms with Crippen LogP contribution in [0, 0.1) is 0 Å². The Morgan fingerprint density at radius 1 is 1.12 bits per heavy atom. The molecule has 0 unspecified atom stereocenters. The fraction of sp³-hybridized carbons (Fsp3) is 0.400. The number of benzene rings is 2. The average molecular weight is 523 g/mol. The van der Waals surface area contributed by atoms with Crippen LogP contribution in [0.3, 0.4) is 0 Å². The van der Waals surface area contributed by atoms with Crippen LogP contribution in [0.4, 0.5) is 0 Å². The van der Waals surface area contributed by atoms with E-state index < -0.39 is 10.0 Å². The van der Waals surface area contributed by atoms with Crippen LogP contribution in [0.5, 0.6) is 0 Å². The number of hydrogen-bond acceptors (Lipinski definition) is 4. The van der Waals surface area contributed by atoms with E-state index in [9.17, 15) is 13.2 Å². The van der Waals surface area contributed by atoms with Crippen LogP contribution < -0.4 is 5.14 Å². The first kappa shape index (κ1) is 25.0. The van der Waals surface area contributed by atoms with E-state index in [-0.39, 0.29) is 21.8 Å². The molecule has 2 aromatic rings. The predicted octanol–water partition coefficient (Wildman–Crippen LogP) is 6.13. The first-order chi connectivity index (χ1) is 15.9. The minimum Gasteiger partial charge on any atom is -0.462 e. The number of nitrogens with zero attached hydrogens (tertiary/aromatic N) is 1. The van der Waals surface area contributed by atoms with E-state index in [1.165, 1.54) is 0 Å². The summed E-state index contributed by atoms with van der Waals surface area (Å²) >= 11 is 12.3. The summed E-state index contributed by atoms with van der Waals surface area (Å²) in [7, 11) is -3.87. The number of carbonyl (C=O) groups is 1. The summed E-state index contributed by atoms with van der Waals surface area (Å²) in [5, 5.41) is 7.59. The summed E-state index contributed by atoms with van der Waals surface area (Å²) in [6, 6.07) is 11.4. The average Bonchev–Trinajstić information content (AvgIpc) is 3.41. The summed E-state index contributed by atoms with van der Waals surface area (Å²) in [6.07, 6.45) is 3.55. The molecule has 0 bridgehead atoms. The molecule has 5 rings (SSSR count). The van der Waals surface area contributed by atoms with Crippen molar-refractivity contribution >= 4 is 50.6 Å². The van der Waals surface area contributed by atoms with Gasteiger partial charge in [0.25, 0.3) is 6.47 Å². The third-order valence-electron chi connectivity index (χ3n) is 6.16. The fourth-order valence-electron chi connectivity index (χ4n) is 4.63. The molecule has 0 atom stereocenters. The predicted molar refractivity (Wildman–Crippen MR) is 136 cm³/mol. The molecule has 2 N–H and O–H groups in total. The molecule has 9 heteroatoms. The lowest BCUT2D eigenvalue weighted by Gasteiger charge is -2.27. The highest BCUT2D eigenvalue weighted by molar-refractivity contribution is 7.89. The standard InChI is InChI=1S/C20H18Cl2N2O2S.C5H10O2/c21-12-6-4-11(5-7-12)14-2-1-3-15(20(14)27(23,25)26)18-19-16-10-13(22)8-9-17(16)24(18)19;1-5(2,3)7-4-6/h1-3,8-12H,4-7H2,(H2,23,25,26);4H,1-3H3. The first-order valence-electron chi connectivity index (χ1n) is 11.2. The number of sulfonamides is 1. The summed E-state index contributed by atoms with van der Waals surface area (Å²) in [5.41, 5.74) is 4.20. The zero-order chi connectivity index (χ0) is 24.8. The SMILES string of the molecule is CC(C)(C)OC=O.NS(=O)(=O)c1c(-c2c3c4cc(Cl)ccc4n2-3)cccc1C1CCC(Cl)CC1. The van der Waals surface area contributed by atoms with Gasteiger partial charge in [-0.25, -0.2) is 13.6 Å². The molecule has 2 aromatic carbocycles. The van der Waals surface area contributed by atoms with Crippen molar-refractivity contribution in [3.63, 3.8) is 0 Å². The van der Waals surface area contributed by atoms with Crippen molar-refractivity contribution < 1.29 is 17.9 Å². The molecule has 0 amide bonds. The lowest BCUT2D eigenvalue weighted by atomic mass is 9.83. The van der Waals surface area contributed by atoms with Crippen molar-refractivity contribution in [1.82, 2.24) is 4.57 Å². The third kappa shape index (κ3) is 4.98. The van der Waals surface area contributed by atoms with Crippen LogP contribution in [0.1, 0.15) is 57.9 Å². The second-order valence-corrected chi connectivity index (χ2v) is 12.3. The minimum atomic E-state index is -3.87. The van der Waals surface area contributed by atoms with Gasteiger partial charge in [0.05, 0.1) is 21.8 Å². The highest BCUT2D eigenvalue weighted by Gasteiger charge is 2.38. The van der Waals surface area contributed by atoms with Gasteiger partial charge in [-0.1, -0.05) is 29.8 Å². The van der Waals surface area contributed by atoms with Gasteiger partial charge in [0.2, 0.25) is 10.0 Å². The van der Waals surface area contributed by atoms with Crippen molar-refractivity contribution in [2.75, 3.05) is 0 Å². The number of rotatable bonds is 4. The topological polar surface area (TPSA) is 91.4 Å². The van der Waals surface area contributed by atoms with E-state index in [1.54, 1.807) is 0 Å². The van der Waals surface area contributed by atoms with E-state index in [1.807, 2.05) is 57.2 Å². The van der Waals surface area contributed by atoms with Gasteiger partial charge in [0.15, 0.2) is 0 Å². The second kappa shape index (κ2) is 9.19. The Hall–Kier alpha value is -2.06. The van der Waals surface area contributed by atoms with Crippen molar-refractivity contribution in [3.05, 3.63) is 47.0 Å². The molecule has 1 fully saturated rings. The zero-order valence-electron chi connectivity index (χ0n) is 19.3. The Morgan fingerprint density at radius 2 is 1.79 bits per heavy atom. The molecule has 1 saturated carbocycles. The van der Waals surface area contributed by atoms with Crippen molar-refractivity contribution in [2.24, 2.45) is 5.14 Å². The van der Waals surface area contributed by atoms with Crippen molar-refractivity contribution in [3.8, 4) is 16.9 Å². The summed E-state index contributed by atoms with van der Waals surface area (Å²) in [5.74, 6) is 0.169. The van der Waals surface area contributed by atoms with Gasteiger partial charge in [-0.05, 0) is 76.1 Å². The Balaban J connectivity index is 0.000000344. The molecule has 0 radical (unpaired) electrons. The maximum atomic E-state index is 12.6. The maximum Gasteiger partial charge on any atom is 0.293 e. The van der Waals surface area contributed by atoms with Gasteiger partial charge in [0.1, 0.15) is 5.60 Å². The zero-order valence-corrected chi connectivity index (χ0v) is 21.7. The number of halogens is 2. The van der Waals surface area contributed by atoms with E-state index in [0.717, 1.165) is 53.5 Å². The van der Waals surface area contributed by atoms with Crippen LogP contribution in [0.15, 0.2) is 41.3 Å². The number of nitrogens with two attached hydrogens (primary N) is 1. The van der Waals surface area contributed by atoms with Crippen LogP contribution in [-0.2, 0) is 19.6 Å². The number of fused-ring (bicyclic) bond motifs is 4. The van der Waals surface area contributed by atoms with E-state index >= 15 is 0 Å². The van der Waals surface area contributed by atoms with E-state index in [0.29, 0.717) is 17.1 Å². The molecule has 0 aromatic heterocycles. The normalized spacial score (nSPS) is 19.4. The van der Waals surface area contributed by atoms with Gasteiger partial charge in [-0.15, -0.1) is 11.6 Å². The summed E-state index contributed by atoms with van der Waals surface area (Å²) in [4.78, 5) is 9.86. The molecular formula is C25H28Cl2N2O4S. The number of aromatic nitrogens is 1. The fourth-order valence-corrected chi connectivity index (χ4v) is 6.09. The third-order valence-corrected chi connectivity index (χ3v) is 7.86. The largest absolute Gasteiger partial charge is 0.462 e. The van der Waals surface area contributed by atoms with Gasteiger partial charge in [-0.2, -0.15) is 0 Å².